The molecule has 0 amide bonds. The van der Waals surface area contributed by atoms with Crippen LogP contribution >= 0.6 is 11.6 Å². The fourth-order valence-electron chi connectivity index (χ4n) is 1.53. The Labute approximate surface area is 91.5 Å². The number of hydrogen-bond donors (Lipinski definition) is 1. The Bertz CT molecular complexity index is 516. The lowest BCUT2D eigenvalue weighted by Gasteiger charge is -2.04. The molecule has 1 saturated carbocycles. The van der Waals surface area contributed by atoms with Gasteiger partial charge in [-0.2, -0.15) is 15.1 Å². The Balaban J connectivity index is 2.16. The lowest BCUT2D eigenvalue weighted by atomic mass is 10.4. The highest BCUT2D eigenvalue weighted by Gasteiger charge is 2.23. The number of aromatic nitrogens is 4. The molecule has 2 heterocycles. The topological polar surface area (TPSA) is 55.6 Å². The van der Waals surface area contributed by atoms with Crippen molar-refractivity contribution in [3.63, 3.8) is 0 Å². The minimum Gasteiger partial charge on any atom is -0.367 e. The van der Waals surface area contributed by atoms with Gasteiger partial charge in [0.05, 0.1) is 11.6 Å². The number of hydrogen-bond acceptors (Lipinski definition) is 4. The highest BCUT2D eigenvalue weighted by atomic mass is 35.5. The van der Waals surface area contributed by atoms with Crippen LogP contribution in [0, 0.1) is 0 Å². The van der Waals surface area contributed by atoms with Gasteiger partial charge in [0, 0.05) is 13.1 Å². The van der Waals surface area contributed by atoms with Crippen LogP contribution in [0.15, 0.2) is 6.20 Å². The molecule has 6 heteroatoms. The summed E-state index contributed by atoms with van der Waals surface area (Å²) in [5.41, 5.74) is 0.762. The molecular formula is C9H10ClN5. The first-order valence-electron chi connectivity index (χ1n) is 4.86. The van der Waals surface area contributed by atoms with E-state index in [1.54, 1.807) is 10.9 Å². The predicted octanol–water partition coefficient (Wildman–Crippen LogP) is 1.59. The van der Waals surface area contributed by atoms with E-state index in [2.05, 4.69) is 20.4 Å². The third-order valence-electron chi connectivity index (χ3n) is 2.48. The van der Waals surface area contributed by atoms with E-state index < -0.39 is 0 Å². The van der Waals surface area contributed by atoms with Crippen molar-refractivity contribution in [3.8, 4) is 0 Å². The summed E-state index contributed by atoms with van der Waals surface area (Å²) in [5.74, 6) is 0.792. The zero-order valence-corrected chi connectivity index (χ0v) is 8.99. The highest BCUT2D eigenvalue weighted by molar-refractivity contribution is 6.28. The molecule has 0 bridgehead atoms. The summed E-state index contributed by atoms with van der Waals surface area (Å²) < 4.78 is 1.70. The van der Waals surface area contributed by atoms with E-state index in [0.29, 0.717) is 6.04 Å². The molecule has 0 saturated heterocycles. The van der Waals surface area contributed by atoms with Crippen LogP contribution in [0.3, 0.4) is 0 Å². The number of aryl methyl sites for hydroxylation is 1. The molecule has 2 aromatic rings. The summed E-state index contributed by atoms with van der Waals surface area (Å²) >= 11 is 5.85. The van der Waals surface area contributed by atoms with E-state index in [1.165, 1.54) is 12.8 Å². The van der Waals surface area contributed by atoms with Crippen molar-refractivity contribution >= 4 is 28.5 Å². The summed E-state index contributed by atoms with van der Waals surface area (Å²) in [6.07, 6.45) is 4.16. The molecule has 0 spiro atoms. The zero-order valence-electron chi connectivity index (χ0n) is 8.24. The second-order valence-corrected chi connectivity index (χ2v) is 4.10. The maximum atomic E-state index is 5.85. The third-order valence-corrected chi connectivity index (χ3v) is 2.65. The van der Waals surface area contributed by atoms with Crippen LogP contribution in [-0.2, 0) is 7.05 Å². The van der Waals surface area contributed by atoms with Gasteiger partial charge in [0.1, 0.15) is 5.82 Å². The quantitative estimate of drug-likeness (QED) is 0.786. The molecule has 1 N–H and O–H groups in total. The number of fused-ring (bicyclic) bond motifs is 1. The molecule has 0 aliphatic heterocycles. The highest BCUT2D eigenvalue weighted by Crippen LogP contribution is 2.28. The van der Waals surface area contributed by atoms with Gasteiger partial charge in [-0.1, -0.05) is 0 Å². The molecule has 0 atom stereocenters. The minimum absolute atomic E-state index is 0.259. The fourth-order valence-corrected chi connectivity index (χ4v) is 1.69. The number of nitrogens with one attached hydrogen (secondary N) is 1. The van der Waals surface area contributed by atoms with Crippen molar-refractivity contribution in [2.45, 2.75) is 18.9 Å². The van der Waals surface area contributed by atoms with Crippen LogP contribution in [0.2, 0.25) is 5.28 Å². The molecule has 0 unspecified atom stereocenters. The van der Waals surface area contributed by atoms with Gasteiger partial charge in [0.25, 0.3) is 0 Å². The molecule has 15 heavy (non-hydrogen) atoms. The molecule has 1 aliphatic rings. The Morgan fingerprint density at radius 2 is 2.27 bits per heavy atom. The summed E-state index contributed by atoms with van der Waals surface area (Å²) in [6, 6.07) is 0.541. The van der Waals surface area contributed by atoms with E-state index in [1.807, 2.05) is 7.05 Å². The average molecular weight is 224 g/mol. The maximum absolute atomic E-state index is 5.85. The van der Waals surface area contributed by atoms with E-state index >= 15 is 0 Å². The first-order valence-corrected chi connectivity index (χ1v) is 5.23. The Morgan fingerprint density at radius 3 is 3.00 bits per heavy atom. The van der Waals surface area contributed by atoms with Crippen molar-refractivity contribution in [1.82, 2.24) is 19.7 Å². The van der Waals surface area contributed by atoms with E-state index in [4.69, 9.17) is 11.6 Å². The molecule has 1 fully saturated rings. The second kappa shape index (κ2) is 3.06. The Hall–Kier alpha value is -1.36. The molecule has 78 valence electrons. The number of halogens is 1. The standard InChI is InChI=1S/C9H10ClN5/c1-15-8-6(4-11-15)7(12-5-2-3-5)13-9(10)14-8/h4-5H,2-3H2,1H3,(H,12,13,14). The minimum atomic E-state index is 0.259. The molecule has 2 aromatic heterocycles. The lowest BCUT2D eigenvalue weighted by Crippen LogP contribution is -2.04. The Morgan fingerprint density at radius 1 is 1.47 bits per heavy atom. The summed E-state index contributed by atoms with van der Waals surface area (Å²) in [4.78, 5) is 8.32. The second-order valence-electron chi connectivity index (χ2n) is 3.77. The van der Waals surface area contributed by atoms with Gasteiger partial charge in [-0.15, -0.1) is 0 Å². The largest absolute Gasteiger partial charge is 0.367 e. The SMILES string of the molecule is Cn1ncc2c(NC3CC3)nc(Cl)nc21. The van der Waals surface area contributed by atoms with Crippen LogP contribution in [0.1, 0.15) is 12.8 Å². The van der Waals surface area contributed by atoms with E-state index in [0.717, 1.165) is 16.9 Å². The van der Waals surface area contributed by atoms with E-state index in [9.17, 15) is 0 Å². The van der Waals surface area contributed by atoms with Gasteiger partial charge in [-0.3, -0.25) is 4.68 Å². The van der Waals surface area contributed by atoms with Gasteiger partial charge in [-0.05, 0) is 24.4 Å². The summed E-state index contributed by atoms with van der Waals surface area (Å²) in [5, 5.41) is 8.65. The van der Waals surface area contributed by atoms with Crippen molar-refractivity contribution in [3.05, 3.63) is 11.5 Å². The van der Waals surface area contributed by atoms with Crippen molar-refractivity contribution in [2.24, 2.45) is 7.05 Å². The molecule has 5 nitrogen and oxygen atoms in total. The van der Waals surface area contributed by atoms with Crippen LogP contribution in [0.25, 0.3) is 11.0 Å². The summed E-state index contributed by atoms with van der Waals surface area (Å²) in [7, 11) is 1.84. The normalized spacial score (nSPS) is 15.9. The molecular weight excluding hydrogens is 214 g/mol. The van der Waals surface area contributed by atoms with E-state index in [-0.39, 0.29) is 5.28 Å². The van der Waals surface area contributed by atoms with Gasteiger partial charge >= 0.3 is 0 Å². The first-order chi connectivity index (χ1) is 7.24. The fraction of sp³-hybridized carbons (Fsp3) is 0.444. The molecule has 0 radical (unpaired) electrons. The van der Waals surface area contributed by atoms with Gasteiger partial charge < -0.3 is 5.32 Å². The number of nitrogens with zero attached hydrogens (tertiary/aromatic N) is 4. The van der Waals surface area contributed by atoms with Crippen molar-refractivity contribution in [1.29, 1.82) is 0 Å². The lowest BCUT2D eigenvalue weighted by molar-refractivity contribution is 0.785. The van der Waals surface area contributed by atoms with Crippen LogP contribution < -0.4 is 5.32 Å². The molecule has 3 rings (SSSR count). The monoisotopic (exact) mass is 223 g/mol. The number of anilines is 1. The van der Waals surface area contributed by atoms with Gasteiger partial charge in [0.2, 0.25) is 5.28 Å². The summed E-state index contributed by atoms with van der Waals surface area (Å²) in [6.45, 7) is 0. The van der Waals surface area contributed by atoms with Crippen molar-refractivity contribution in [2.75, 3.05) is 5.32 Å². The van der Waals surface area contributed by atoms with Gasteiger partial charge in [0.15, 0.2) is 5.65 Å². The van der Waals surface area contributed by atoms with Crippen LogP contribution in [0.4, 0.5) is 5.82 Å². The zero-order chi connectivity index (χ0) is 10.4. The van der Waals surface area contributed by atoms with Gasteiger partial charge in [-0.25, -0.2) is 0 Å². The maximum Gasteiger partial charge on any atom is 0.226 e. The predicted molar refractivity (Wildman–Crippen MR) is 58.0 cm³/mol. The third kappa shape index (κ3) is 1.52. The van der Waals surface area contributed by atoms with Crippen molar-refractivity contribution < 1.29 is 0 Å². The smallest absolute Gasteiger partial charge is 0.226 e. The molecule has 1 aliphatic carbocycles. The molecule has 0 aromatic carbocycles. The Kier molecular flexibility index (Phi) is 1.82. The first kappa shape index (κ1) is 8.91. The number of rotatable bonds is 2. The van der Waals surface area contributed by atoms with Crippen LogP contribution in [0.5, 0.6) is 0 Å². The average Bonchev–Trinajstić information content (AvgIpc) is 2.92. The van der Waals surface area contributed by atoms with Crippen LogP contribution in [-0.4, -0.2) is 25.8 Å².